The van der Waals surface area contributed by atoms with Gasteiger partial charge in [-0.2, -0.15) is 0 Å². The number of fused-ring (bicyclic) bond motifs is 9. The molecule has 0 spiro atoms. The first-order valence-electron chi connectivity index (χ1n) is 19.9. The van der Waals surface area contributed by atoms with Crippen LogP contribution < -0.4 is 0 Å². The maximum Gasteiger partial charge on any atom is 0.167 e. The Morgan fingerprint density at radius 1 is 0.254 bits per heavy atom. The van der Waals surface area contributed by atoms with Crippen molar-refractivity contribution in [1.29, 1.82) is 0 Å². The van der Waals surface area contributed by atoms with Crippen LogP contribution in [0.25, 0.3) is 121 Å². The maximum atomic E-state index is 7.22. The van der Waals surface area contributed by atoms with Gasteiger partial charge in [-0.25, -0.2) is 15.0 Å². The van der Waals surface area contributed by atoms with Crippen molar-refractivity contribution in [2.45, 2.75) is 0 Å². The van der Waals surface area contributed by atoms with Crippen LogP contribution in [0.1, 0.15) is 0 Å². The van der Waals surface area contributed by atoms with Gasteiger partial charge in [0.1, 0.15) is 11.2 Å². The van der Waals surface area contributed by atoms with Crippen LogP contribution in [-0.2, 0) is 0 Å². The second-order valence-corrected chi connectivity index (χ2v) is 15.1. The van der Waals surface area contributed by atoms with Crippen molar-refractivity contribution in [1.82, 2.24) is 15.0 Å². The van der Waals surface area contributed by atoms with Crippen LogP contribution in [0.3, 0.4) is 0 Å². The minimum absolute atomic E-state index is 0.556. The van der Waals surface area contributed by atoms with Gasteiger partial charge in [0.05, 0.1) is 5.56 Å². The summed E-state index contributed by atoms with van der Waals surface area (Å²) in [7, 11) is 0. The molecule has 12 aromatic rings. The Bertz CT molecular complexity index is 3550. The fourth-order valence-electron chi connectivity index (χ4n) is 8.93. The van der Waals surface area contributed by atoms with Crippen LogP contribution in [0, 0.1) is 0 Å². The van der Waals surface area contributed by atoms with Gasteiger partial charge in [0.25, 0.3) is 0 Å². The van der Waals surface area contributed by atoms with Gasteiger partial charge >= 0.3 is 0 Å². The second kappa shape index (κ2) is 13.3. The van der Waals surface area contributed by atoms with Crippen molar-refractivity contribution >= 4 is 65.0 Å². The first-order chi connectivity index (χ1) is 29.2. The van der Waals surface area contributed by atoms with E-state index in [2.05, 4.69) is 140 Å². The molecule has 0 aliphatic carbocycles. The van der Waals surface area contributed by atoms with Gasteiger partial charge in [-0.05, 0) is 90.1 Å². The monoisotopic (exact) mass is 751 g/mol. The molecule has 0 saturated heterocycles. The zero-order valence-electron chi connectivity index (χ0n) is 31.8. The molecule has 274 valence electrons. The molecule has 10 aromatic carbocycles. The largest absolute Gasteiger partial charge is 0.455 e. The first-order valence-corrected chi connectivity index (χ1v) is 19.9. The van der Waals surface area contributed by atoms with E-state index in [-0.39, 0.29) is 0 Å². The molecule has 0 radical (unpaired) electrons. The number of para-hydroxylation sites is 1. The van der Waals surface area contributed by atoms with Gasteiger partial charge in [-0.15, -0.1) is 0 Å². The second-order valence-electron chi connectivity index (χ2n) is 15.1. The molecule has 2 aromatic heterocycles. The van der Waals surface area contributed by atoms with Gasteiger partial charge in [0.15, 0.2) is 17.5 Å². The molecule has 0 saturated carbocycles. The third kappa shape index (κ3) is 5.42. The summed E-state index contributed by atoms with van der Waals surface area (Å²) in [5.74, 6) is 1.77. The van der Waals surface area contributed by atoms with Crippen molar-refractivity contribution in [3.63, 3.8) is 0 Å². The van der Waals surface area contributed by atoms with Gasteiger partial charge in [0.2, 0.25) is 0 Å². The van der Waals surface area contributed by atoms with Crippen molar-refractivity contribution < 1.29 is 4.42 Å². The lowest BCUT2D eigenvalue weighted by Crippen LogP contribution is -2.00. The van der Waals surface area contributed by atoms with E-state index in [0.717, 1.165) is 55.3 Å². The molecular formula is C55H33N3O. The summed E-state index contributed by atoms with van der Waals surface area (Å²) in [5.41, 5.74) is 8.65. The fourth-order valence-corrected chi connectivity index (χ4v) is 8.93. The van der Waals surface area contributed by atoms with Crippen LogP contribution in [0.4, 0.5) is 0 Å². The Morgan fingerprint density at radius 3 is 1.32 bits per heavy atom. The smallest absolute Gasteiger partial charge is 0.167 e. The van der Waals surface area contributed by atoms with Gasteiger partial charge in [-0.1, -0.05) is 170 Å². The predicted molar refractivity (Wildman–Crippen MR) is 244 cm³/mol. The van der Waals surface area contributed by atoms with E-state index in [0.29, 0.717) is 17.5 Å². The third-order valence-corrected chi connectivity index (χ3v) is 11.7. The summed E-state index contributed by atoms with van der Waals surface area (Å²) < 4.78 is 7.22. The molecule has 4 nitrogen and oxygen atoms in total. The average molecular weight is 752 g/mol. The number of furan rings is 1. The van der Waals surface area contributed by atoms with Crippen molar-refractivity contribution in [2.75, 3.05) is 0 Å². The Hall–Kier alpha value is -7.95. The molecule has 4 heteroatoms. The minimum atomic E-state index is 0.556. The summed E-state index contributed by atoms with van der Waals surface area (Å²) in [5, 5.41) is 11.7. The number of hydrogen-bond donors (Lipinski definition) is 0. The highest BCUT2D eigenvalue weighted by Crippen LogP contribution is 2.46. The molecule has 0 fully saturated rings. The molecule has 0 amide bonds. The van der Waals surface area contributed by atoms with E-state index in [1.165, 1.54) is 48.7 Å². The number of hydrogen-bond acceptors (Lipinski definition) is 4. The normalized spacial score (nSPS) is 11.7. The molecule has 0 N–H and O–H groups in total. The third-order valence-electron chi connectivity index (χ3n) is 11.7. The van der Waals surface area contributed by atoms with E-state index in [4.69, 9.17) is 19.4 Å². The van der Waals surface area contributed by atoms with E-state index in [1.807, 2.05) is 60.7 Å². The zero-order chi connectivity index (χ0) is 38.9. The van der Waals surface area contributed by atoms with E-state index in [9.17, 15) is 0 Å². The van der Waals surface area contributed by atoms with Gasteiger partial charge in [-0.3, -0.25) is 0 Å². The topological polar surface area (TPSA) is 51.8 Å². The first kappa shape index (κ1) is 33.2. The van der Waals surface area contributed by atoms with Crippen LogP contribution in [0.5, 0.6) is 0 Å². The lowest BCUT2D eigenvalue weighted by atomic mass is 9.88. The fraction of sp³-hybridized carbons (Fsp3) is 0. The molecule has 12 rings (SSSR count). The lowest BCUT2D eigenvalue weighted by molar-refractivity contribution is 0.670. The van der Waals surface area contributed by atoms with E-state index >= 15 is 0 Å². The Labute approximate surface area is 339 Å². The molecular weight excluding hydrogens is 719 g/mol. The summed E-state index contributed by atoms with van der Waals surface area (Å²) in [6.45, 7) is 0. The Balaban J connectivity index is 1.19. The number of nitrogens with zero attached hydrogens (tertiary/aromatic N) is 3. The van der Waals surface area contributed by atoms with Crippen molar-refractivity contribution in [2.24, 2.45) is 0 Å². The lowest BCUT2D eigenvalue weighted by Gasteiger charge is -2.15. The number of benzene rings is 10. The summed E-state index contributed by atoms with van der Waals surface area (Å²) in [4.78, 5) is 15.2. The molecule has 0 aliphatic rings. The molecule has 0 aliphatic heterocycles. The minimum Gasteiger partial charge on any atom is -0.455 e. The highest BCUT2D eigenvalue weighted by molar-refractivity contribution is 6.21. The predicted octanol–water partition coefficient (Wildman–Crippen LogP) is 14.7. The van der Waals surface area contributed by atoms with E-state index < -0.39 is 0 Å². The van der Waals surface area contributed by atoms with Crippen LogP contribution >= 0.6 is 0 Å². The number of aromatic nitrogens is 3. The zero-order valence-corrected chi connectivity index (χ0v) is 31.8. The molecule has 0 atom stereocenters. The number of rotatable bonds is 5. The van der Waals surface area contributed by atoms with E-state index in [1.54, 1.807) is 0 Å². The molecule has 59 heavy (non-hydrogen) atoms. The average Bonchev–Trinajstić information content (AvgIpc) is 3.70. The summed E-state index contributed by atoms with van der Waals surface area (Å²) in [6.07, 6.45) is 0. The highest BCUT2D eigenvalue weighted by atomic mass is 16.3. The summed E-state index contributed by atoms with van der Waals surface area (Å²) >= 11 is 0. The quantitative estimate of drug-likeness (QED) is 0.164. The van der Waals surface area contributed by atoms with Crippen molar-refractivity contribution in [3.8, 4) is 56.4 Å². The molecule has 2 heterocycles. The van der Waals surface area contributed by atoms with Gasteiger partial charge in [0, 0.05) is 27.5 Å². The van der Waals surface area contributed by atoms with Gasteiger partial charge < -0.3 is 4.42 Å². The van der Waals surface area contributed by atoms with Crippen LogP contribution in [0.15, 0.2) is 205 Å². The Morgan fingerprint density at radius 2 is 0.712 bits per heavy atom. The van der Waals surface area contributed by atoms with Crippen LogP contribution in [-0.4, -0.2) is 15.0 Å². The summed E-state index contributed by atoms with van der Waals surface area (Å²) in [6, 6.07) is 70.6. The van der Waals surface area contributed by atoms with Crippen molar-refractivity contribution in [3.05, 3.63) is 200 Å². The SMILES string of the molecule is c1ccc(-c2nc(-c3ccccc3)nc(-c3cccc4c3oc3c(-c5cc6ccccc6c6ccccc56)cc(-c5cc6ccccc6c6ccccc56)cc34)n2)cc1. The Kier molecular flexibility index (Phi) is 7.50. The van der Waals surface area contributed by atoms with Crippen LogP contribution in [0.2, 0.25) is 0 Å². The standard InChI is InChI=1S/C55H33N3O/c1-3-16-34(17-4-1)53-56-54(35-18-5-2-6-19-35)58-55(57-53)46-29-15-28-45-49-32-38(47-30-36-20-7-9-22-39(36)41-24-11-13-26-43(41)47)33-50(52(49)59-51(45)46)48-31-37-21-8-10-23-40(37)42-25-12-14-27-44(42)48/h1-33H. The maximum absolute atomic E-state index is 7.22. The highest BCUT2D eigenvalue weighted by Gasteiger charge is 2.22. The molecule has 0 unspecified atom stereocenters. The molecule has 0 bridgehead atoms.